The van der Waals surface area contributed by atoms with Gasteiger partial charge in [0.2, 0.25) is 0 Å². The Bertz CT molecular complexity index is 388. The second kappa shape index (κ2) is 5.14. The number of benzene rings is 1. The molecule has 0 aliphatic heterocycles. The van der Waals surface area contributed by atoms with Gasteiger partial charge in [0, 0.05) is 0 Å². The van der Waals surface area contributed by atoms with E-state index in [1.165, 1.54) is 0 Å². The molecular formula is C12H12N2O. The lowest BCUT2D eigenvalue weighted by atomic mass is 9.94. The molecule has 3 nitrogen and oxygen atoms in total. The van der Waals surface area contributed by atoms with Crippen molar-refractivity contribution in [3.05, 3.63) is 35.9 Å². The summed E-state index contributed by atoms with van der Waals surface area (Å²) in [7, 11) is 0. The third-order valence-electron chi connectivity index (χ3n) is 2.25. The molecule has 0 saturated heterocycles. The molecule has 0 bridgehead atoms. The number of aliphatic hydroxyl groups is 1. The van der Waals surface area contributed by atoms with Crippen LogP contribution in [-0.2, 0) is 6.42 Å². The van der Waals surface area contributed by atoms with Crippen LogP contribution in [0.2, 0.25) is 0 Å². The molecule has 15 heavy (non-hydrogen) atoms. The van der Waals surface area contributed by atoms with Crippen LogP contribution in [0.1, 0.15) is 18.4 Å². The maximum atomic E-state index is 9.70. The van der Waals surface area contributed by atoms with E-state index >= 15 is 0 Å². The fourth-order valence-corrected chi connectivity index (χ4v) is 1.31. The summed E-state index contributed by atoms with van der Waals surface area (Å²) < 4.78 is 0. The zero-order valence-electron chi connectivity index (χ0n) is 8.35. The summed E-state index contributed by atoms with van der Waals surface area (Å²) in [5.41, 5.74) is -0.450. The molecule has 76 valence electrons. The van der Waals surface area contributed by atoms with Crippen molar-refractivity contribution >= 4 is 0 Å². The predicted octanol–water partition coefficient (Wildman–Crippen LogP) is 1.79. The van der Waals surface area contributed by atoms with Crippen molar-refractivity contribution in [2.75, 3.05) is 0 Å². The van der Waals surface area contributed by atoms with Crippen LogP contribution in [0.3, 0.4) is 0 Å². The second-order valence-electron chi connectivity index (χ2n) is 3.46. The molecule has 0 spiro atoms. The molecule has 1 rings (SSSR count). The van der Waals surface area contributed by atoms with Gasteiger partial charge in [-0.2, -0.15) is 10.5 Å². The van der Waals surface area contributed by atoms with E-state index in [1.54, 1.807) is 6.07 Å². The van der Waals surface area contributed by atoms with E-state index in [2.05, 4.69) is 0 Å². The molecule has 0 heterocycles. The van der Waals surface area contributed by atoms with Crippen LogP contribution in [0.4, 0.5) is 0 Å². The van der Waals surface area contributed by atoms with E-state index in [0.29, 0.717) is 12.8 Å². The van der Waals surface area contributed by atoms with Crippen LogP contribution in [0.25, 0.3) is 0 Å². The monoisotopic (exact) mass is 200 g/mol. The standard InChI is InChI=1S/C12H12N2O/c13-9-8-12(15,10-14)7-6-11-4-2-1-3-5-11/h1-5,15H,6-8H2. The van der Waals surface area contributed by atoms with Crippen LogP contribution in [0.15, 0.2) is 30.3 Å². The molecular weight excluding hydrogens is 188 g/mol. The Labute approximate surface area is 89.2 Å². The number of hydrogen-bond acceptors (Lipinski definition) is 3. The van der Waals surface area contributed by atoms with E-state index in [4.69, 9.17) is 10.5 Å². The Morgan fingerprint density at radius 3 is 2.40 bits per heavy atom. The van der Waals surface area contributed by atoms with E-state index in [-0.39, 0.29) is 6.42 Å². The van der Waals surface area contributed by atoms with E-state index in [0.717, 1.165) is 5.56 Å². The zero-order valence-corrected chi connectivity index (χ0v) is 8.35. The van der Waals surface area contributed by atoms with Gasteiger partial charge in [0.25, 0.3) is 0 Å². The van der Waals surface area contributed by atoms with Crippen LogP contribution in [0, 0.1) is 22.7 Å². The summed E-state index contributed by atoms with van der Waals surface area (Å²) in [6, 6.07) is 13.2. The first-order chi connectivity index (χ1) is 7.20. The third-order valence-corrected chi connectivity index (χ3v) is 2.25. The van der Waals surface area contributed by atoms with E-state index in [1.807, 2.05) is 36.4 Å². The van der Waals surface area contributed by atoms with Gasteiger partial charge in [0.15, 0.2) is 5.60 Å². The summed E-state index contributed by atoms with van der Waals surface area (Å²) in [6.07, 6.45) is 0.754. The minimum absolute atomic E-state index is 0.143. The highest BCUT2D eigenvalue weighted by Crippen LogP contribution is 2.17. The molecule has 0 saturated carbocycles. The molecule has 1 aromatic carbocycles. The minimum Gasteiger partial charge on any atom is -0.374 e. The Kier molecular flexibility index (Phi) is 3.85. The fourth-order valence-electron chi connectivity index (χ4n) is 1.31. The number of nitriles is 2. The Morgan fingerprint density at radius 2 is 1.87 bits per heavy atom. The van der Waals surface area contributed by atoms with Crippen LogP contribution < -0.4 is 0 Å². The molecule has 0 fully saturated rings. The normalized spacial score (nSPS) is 13.5. The molecule has 0 aliphatic rings. The molecule has 0 aliphatic carbocycles. The maximum Gasteiger partial charge on any atom is 0.164 e. The van der Waals surface area contributed by atoms with Gasteiger partial charge in [-0.15, -0.1) is 0 Å². The molecule has 0 aromatic heterocycles. The zero-order chi connectivity index (χ0) is 11.1. The molecule has 0 amide bonds. The minimum atomic E-state index is -1.51. The van der Waals surface area contributed by atoms with Crippen LogP contribution in [-0.4, -0.2) is 10.7 Å². The molecule has 0 radical (unpaired) electrons. The van der Waals surface area contributed by atoms with E-state index in [9.17, 15) is 5.11 Å². The average molecular weight is 200 g/mol. The quantitative estimate of drug-likeness (QED) is 0.753. The molecule has 1 unspecified atom stereocenters. The van der Waals surface area contributed by atoms with Gasteiger partial charge in [-0.25, -0.2) is 0 Å². The number of hydrogen-bond donors (Lipinski definition) is 1. The highest BCUT2D eigenvalue weighted by molar-refractivity contribution is 5.16. The van der Waals surface area contributed by atoms with Crippen molar-refractivity contribution in [3.8, 4) is 12.1 Å². The number of rotatable bonds is 4. The summed E-state index contributed by atoms with van der Waals surface area (Å²) >= 11 is 0. The first-order valence-corrected chi connectivity index (χ1v) is 4.75. The highest BCUT2D eigenvalue weighted by Gasteiger charge is 2.25. The molecule has 1 aromatic rings. The van der Waals surface area contributed by atoms with Crippen molar-refractivity contribution in [1.29, 1.82) is 10.5 Å². The van der Waals surface area contributed by atoms with Gasteiger partial charge in [0.05, 0.1) is 18.6 Å². The largest absolute Gasteiger partial charge is 0.374 e. The lowest BCUT2D eigenvalue weighted by molar-refractivity contribution is 0.0947. The van der Waals surface area contributed by atoms with Crippen molar-refractivity contribution in [1.82, 2.24) is 0 Å². The molecule has 1 N–H and O–H groups in total. The maximum absolute atomic E-state index is 9.70. The smallest absolute Gasteiger partial charge is 0.164 e. The SMILES string of the molecule is N#CCC(O)(C#N)CCc1ccccc1. The van der Waals surface area contributed by atoms with Gasteiger partial charge >= 0.3 is 0 Å². The van der Waals surface area contributed by atoms with E-state index < -0.39 is 5.60 Å². The van der Waals surface area contributed by atoms with Gasteiger partial charge in [-0.3, -0.25) is 0 Å². The second-order valence-corrected chi connectivity index (χ2v) is 3.46. The molecule has 1 atom stereocenters. The summed E-state index contributed by atoms with van der Waals surface area (Å²) in [5.74, 6) is 0. The topological polar surface area (TPSA) is 67.8 Å². The summed E-state index contributed by atoms with van der Waals surface area (Å²) in [4.78, 5) is 0. The first-order valence-electron chi connectivity index (χ1n) is 4.75. The lowest BCUT2D eigenvalue weighted by Gasteiger charge is -2.15. The van der Waals surface area contributed by atoms with Crippen molar-refractivity contribution in [2.24, 2.45) is 0 Å². The summed E-state index contributed by atoms with van der Waals surface area (Å²) in [6.45, 7) is 0. The van der Waals surface area contributed by atoms with Crippen LogP contribution >= 0.6 is 0 Å². The predicted molar refractivity (Wildman–Crippen MR) is 55.6 cm³/mol. The van der Waals surface area contributed by atoms with Gasteiger partial charge in [-0.1, -0.05) is 30.3 Å². The van der Waals surface area contributed by atoms with Gasteiger partial charge in [0.1, 0.15) is 0 Å². The Morgan fingerprint density at radius 1 is 1.20 bits per heavy atom. The van der Waals surface area contributed by atoms with Crippen molar-refractivity contribution < 1.29 is 5.11 Å². The lowest BCUT2D eigenvalue weighted by Crippen LogP contribution is -2.26. The third kappa shape index (κ3) is 3.42. The number of aryl methyl sites for hydroxylation is 1. The van der Waals surface area contributed by atoms with Crippen molar-refractivity contribution in [2.45, 2.75) is 24.9 Å². The Balaban J connectivity index is 2.57. The Hall–Kier alpha value is -1.84. The van der Waals surface area contributed by atoms with Gasteiger partial charge in [-0.05, 0) is 18.4 Å². The molecule has 3 heteroatoms. The first kappa shape index (κ1) is 11.2. The fraction of sp³-hybridized carbons (Fsp3) is 0.333. The van der Waals surface area contributed by atoms with Gasteiger partial charge < -0.3 is 5.11 Å². The summed E-state index contributed by atoms with van der Waals surface area (Å²) in [5, 5.41) is 26.9. The highest BCUT2D eigenvalue weighted by atomic mass is 16.3. The average Bonchev–Trinajstić information content (AvgIpc) is 2.28. The van der Waals surface area contributed by atoms with Crippen molar-refractivity contribution in [3.63, 3.8) is 0 Å². The number of nitrogens with zero attached hydrogens (tertiary/aromatic N) is 2. The van der Waals surface area contributed by atoms with Crippen LogP contribution in [0.5, 0.6) is 0 Å².